The zero-order valence-corrected chi connectivity index (χ0v) is 19.7. The van der Waals surface area contributed by atoms with Crippen molar-refractivity contribution in [2.75, 3.05) is 0 Å². The summed E-state index contributed by atoms with van der Waals surface area (Å²) in [6.45, 7) is 5.19. The lowest BCUT2D eigenvalue weighted by Gasteiger charge is -2.32. The minimum absolute atomic E-state index is 0.0390. The van der Waals surface area contributed by atoms with Crippen LogP contribution in [0.4, 0.5) is 4.39 Å². The van der Waals surface area contributed by atoms with Gasteiger partial charge in [-0.05, 0) is 48.9 Å². The number of aromatic nitrogens is 2. The van der Waals surface area contributed by atoms with Crippen LogP contribution in [-0.2, 0) is 34.7 Å². The molecule has 0 fully saturated rings. The van der Waals surface area contributed by atoms with Gasteiger partial charge in [0.25, 0.3) is 11.5 Å². The molecule has 3 aliphatic rings. The summed E-state index contributed by atoms with van der Waals surface area (Å²) in [4.78, 5) is 42.9. The Hall–Kier alpha value is -3.59. The molecule has 2 unspecified atom stereocenters. The molecule has 0 saturated heterocycles. The average Bonchev–Trinajstić information content (AvgIpc) is 3.19. The second kappa shape index (κ2) is 7.21. The third kappa shape index (κ3) is 2.81. The van der Waals surface area contributed by atoms with Crippen molar-refractivity contribution in [3.63, 3.8) is 0 Å². The molecular weight excluding hydrogens is 451 g/mol. The van der Waals surface area contributed by atoms with Gasteiger partial charge in [0, 0.05) is 41.6 Å². The third-order valence-electron chi connectivity index (χ3n) is 7.87. The molecule has 2 amide bonds. The summed E-state index contributed by atoms with van der Waals surface area (Å²) < 4.78 is 16.4. The molecular formula is C26H25FN4O4. The minimum atomic E-state index is -1.81. The summed E-state index contributed by atoms with van der Waals surface area (Å²) >= 11 is 0. The molecule has 2 aliphatic heterocycles. The van der Waals surface area contributed by atoms with Crippen LogP contribution in [-0.4, -0.2) is 26.5 Å². The first kappa shape index (κ1) is 21.9. The van der Waals surface area contributed by atoms with Crippen molar-refractivity contribution in [1.82, 2.24) is 20.2 Å². The van der Waals surface area contributed by atoms with E-state index in [4.69, 9.17) is 4.98 Å². The molecule has 180 valence electrons. The van der Waals surface area contributed by atoms with Gasteiger partial charge in [0.1, 0.15) is 5.82 Å². The van der Waals surface area contributed by atoms with E-state index in [9.17, 15) is 23.9 Å². The topological polar surface area (TPSA) is 113 Å². The molecule has 1 aliphatic carbocycles. The van der Waals surface area contributed by atoms with Crippen molar-refractivity contribution in [1.29, 1.82) is 0 Å². The average molecular weight is 477 g/mol. The van der Waals surface area contributed by atoms with Crippen molar-refractivity contribution in [2.45, 2.75) is 64.8 Å². The number of aliphatic hydroxyl groups is 1. The van der Waals surface area contributed by atoms with Crippen LogP contribution in [0.3, 0.4) is 0 Å². The second-order valence-electron chi connectivity index (χ2n) is 9.71. The minimum Gasteiger partial charge on any atom is -0.375 e. The SMILES string of the molecule is CCC1(O)C(=O)NCc2c1cc1n(c2=O)Cc2c-1nc1cc(F)c(C)c3c1c2C(NC(C)=O)CC3. The molecule has 3 N–H and O–H groups in total. The first-order chi connectivity index (χ1) is 16.7. The van der Waals surface area contributed by atoms with Crippen LogP contribution in [0, 0.1) is 12.7 Å². The number of benzene rings is 1. The van der Waals surface area contributed by atoms with Gasteiger partial charge in [0.15, 0.2) is 5.60 Å². The van der Waals surface area contributed by atoms with E-state index in [0.29, 0.717) is 40.9 Å². The number of fused-ring (bicyclic) bond motifs is 5. The summed E-state index contributed by atoms with van der Waals surface area (Å²) in [6.07, 6.45) is 1.33. The number of carbonyl (C=O) groups excluding carboxylic acids is 2. The molecule has 0 radical (unpaired) electrons. The Morgan fingerprint density at radius 1 is 1.31 bits per heavy atom. The normalized spacial score (nSPS) is 21.9. The van der Waals surface area contributed by atoms with E-state index in [1.165, 1.54) is 13.0 Å². The monoisotopic (exact) mass is 476 g/mol. The molecule has 4 heterocycles. The van der Waals surface area contributed by atoms with Crippen molar-refractivity contribution >= 4 is 22.7 Å². The summed E-state index contributed by atoms with van der Waals surface area (Å²) in [6, 6.07) is 2.79. The lowest BCUT2D eigenvalue weighted by Crippen LogP contribution is -2.50. The fraction of sp³-hybridized carbons (Fsp3) is 0.385. The number of hydrogen-bond donors (Lipinski definition) is 3. The zero-order valence-electron chi connectivity index (χ0n) is 19.7. The van der Waals surface area contributed by atoms with E-state index in [0.717, 1.165) is 22.1 Å². The van der Waals surface area contributed by atoms with E-state index in [2.05, 4.69) is 10.6 Å². The predicted molar refractivity (Wildman–Crippen MR) is 126 cm³/mol. The maximum Gasteiger partial charge on any atom is 0.256 e. The van der Waals surface area contributed by atoms with E-state index in [1.807, 2.05) is 0 Å². The number of rotatable bonds is 2. The van der Waals surface area contributed by atoms with Gasteiger partial charge < -0.3 is 20.3 Å². The molecule has 2 aromatic heterocycles. The Morgan fingerprint density at radius 3 is 2.80 bits per heavy atom. The Morgan fingerprint density at radius 2 is 2.09 bits per heavy atom. The summed E-state index contributed by atoms with van der Waals surface area (Å²) in [5.74, 6) is -1.05. The predicted octanol–water partition coefficient (Wildman–Crippen LogP) is 2.22. The first-order valence-corrected chi connectivity index (χ1v) is 11.9. The fourth-order valence-corrected chi connectivity index (χ4v) is 6.06. The van der Waals surface area contributed by atoms with E-state index in [1.54, 1.807) is 24.5 Å². The molecule has 3 aromatic rings. The van der Waals surface area contributed by atoms with Crippen LogP contribution in [0.5, 0.6) is 0 Å². The van der Waals surface area contributed by atoms with Crippen LogP contribution in [0.15, 0.2) is 16.9 Å². The maximum atomic E-state index is 14.8. The van der Waals surface area contributed by atoms with Crippen LogP contribution in [0.1, 0.15) is 66.1 Å². The molecule has 2 atom stereocenters. The number of pyridine rings is 2. The smallest absolute Gasteiger partial charge is 0.256 e. The highest BCUT2D eigenvalue weighted by molar-refractivity contribution is 5.94. The molecule has 35 heavy (non-hydrogen) atoms. The first-order valence-electron chi connectivity index (χ1n) is 11.9. The highest BCUT2D eigenvalue weighted by Crippen LogP contribution is 2.45. The van der Waals surface area contributed by atoms with Gasteiger partial charge in [0.2, 0.25) is 5.91 Å². The number of aryl methyl sites for hydroxylation is 1. The Balaban J connectivity index is 1.68. The molecule has 9 heteroatoms. The quantitative estimate of drug-likeness (QED) is 0.411. The number of carbonyl (C=O) groups is 2. The van der Waals surface area contributed by atoms with E-state index >= 15 is 0 Å². The summed E-state index contributed by atoms with van der Waals surface area (Å²) in [5, 5.41) is 17.6. The molecule has 0 bridgehead atoms. The van der Waals surface area contributed by atoms with Gasteiger partial charge in [0.05, 0.1) is 29.5 Å². The van der Waals surface area contributed by atoms with Gasteiger partial charge in [-0.2, -0.15) is 0 Å². The van der Waals surface area contributed by atoms with Crippen LogP contribution < -0.4 is 16.2 Å². The van der Waals surface area contributed by atoms with Crippen molar-refractivity contribution in [3.05, 3.63) is 61.7 Å². The number of halogens is 1. The van der Waals surface area contributed by atoms with Crippen molar-refractivity contribution in [3.8, 4) is 11.4 Å². The Kier molecular flexibility index (Phi) is 4.51. The van der Waals surface area contributed by atoms with Gasteiger partial charge in [-0.25, -0.2) is 9.37 Å². The third-order valence-corrected chi connectivity index (χ3v) is 7.87. The fourth-order valence-electron chi connectivity index (χ4n) is 6.06. The van der Waals surface area contributed by atoms with E-state index in [-0.39, 0.29) is 48.4 Å². The van der Waals surface area contributed by atoms with Crippen LogP contribution >= 0.6 is 0 Å². The highest BCUT2D eigenvalue weighted by atomic mass is 19.1. The van der Waals surface area contributed by atoms with Gasteiger partial charge >= 0.3 is 0 Å². The Bertz CT molecular complexity index is 1560. The van der Waals surface area contributed by atoms with Crippen molar-refractivity contribution in [2.24, 2.45) is 0 Å². The van der Waals surface area contributed by atoms with Crippen molar-refractivity contribution < 1.29 is 19.1 Å². The van der Waals surface area contributed by atoms with E-state index < -0.39 is 11.5 Å². The molecule has 1 aromatic carbocycles. The zero-order chi connectivity index (χ0) is 24.8. The lowest BCUT2D eigenvalue weighted by molar-refractivity contribution is -0.142. The number of amides is 2. The number of nitrogens with zero attached hydrogens (tertiary/aromatic N) is 2. The van der Waals surface area contributed by atoms with Crippen LogP contribution in [0.25, 0.3) is 22.3 Å². The Labute approximate surface area is 200 Å². The standard InChI is InChI=1S/C26H25FN4O4/c1-4-26(35)16-7-20-23-15(10-31(20)24(33)14(16)9-28-25(26)34)22-18(29-12(3)32)6-5-13-11(2)17(27)8-19(30-23)21(13)22/h7-8,18,35H,4-6,9-10H2,1-3H3,(H,28,34)(H,29,32). The van der Waals surface area contributed by atoms with Gasteiger partial charge in [-0.3, -0.25) is 14.4 Å². The number of nitrogens with one attached hydrogen (secondary N) is 2. The van der Waals surface area contributed by atoms with Gasteiger partial charge in [-0.15, -0.1) is 0 Å². The second-order valence-corrected chi connectivity index (χ2v) is 9.71. The van der Waals surface area contributed by atoms with Crippen LogP contribution in [0.2, 0.25) is 0 Å². The molecule has 0 spiro atoms. The molecule has 6 rings (SSSR count). The molecule has 8 nitrogen and oxygen atoms in total. The summed E-state index contributed by atoms with van der Waals surface area (Å²) in [7, 11) is 0. The number of hydrogen-bond acceptors (Lipinski definition) is 5. The van der Waals surface area contributed by atoms with Gasteiger partial charge in [-0.1, -0.05) is 6.92 Å². The lowest BCUT2D eigenvalue weighted by atomic mass is 9.81. The maximum absolute atomic E-state index is 14.8. The largest absolute Gasteiger partial charge is 0.375 e. The molecule has 0 saturated carbocycles. The highest BCUT2D eigenvalue weighted by Gasteiger charge is 2.44. The summed E-state index contributed by atoms with van der Waals surface area (Å²) in [5.41, 5.74) is 3.12.